The Balaban J connectivity index is 1.53. The molecule has 1 atom stereocenters. The zero-order valence-corrected chi connectivity index (χ0v) is 16.5. The van der Waals surface area contributed by atoms with Crippen LogP contribution < -0.4 is 14.8 Å². The van der Waals surface area contributed by atoms with Crippen LogP contribution in [-0.2, 0) is 11.2 Å². The summed E-state index contributed by atoms with van der Waals surface area (Å²) < 4.78 is 39.9. The van der Waals surface area contributed by atoms with E-state index in [1.807, 2.05) is 18.2 Å². The highest BCUT2D eigenvalue weighted by Crippen LogP contribution is 2.35. The van der Waals surface area contributed by atoms with Crippen LogP contribution in [0.15, 0.2) is 40.9 Å². The van der Waals surface area contributed by atoms with E-state index in [1.54, 1.807) is 0 Å². The lowest BCUT2D eigenvalue weighted by Gasteiger charge is -2.10. The predicted molar refractivity (Wildman–Crippen MR) is 106 cm³/mol. The van der Waals surface area contributed by atoms with Crippen LogP contribution in [0.4, 0.5) is 14.5 Å². The van der Waals surface area contributed by atoms with E-state index in [4.69, 9.17) is 14.4 Å². The van der Waals surface area contributed by atoms with E-state index < -0.39 is 12.6 Å². The minimum Gasteiger partial charge on any atom is -0.493 e. The fourth-order valence-corrected chi connectivity index (χ4v) is 3.50. The average molecular weight is 431 g/mol. The molecule has 10 heteroatoms. The maximum atomic E-state index is 12.5. The highest BCUT2D eigenvalue weighted by molar-refractivity contribution is 5.69. The molecule has 0 fully saturated rings. The fourth-order valence-electron chi connectivity index (χ4n) is 3.50. The number of ether oxygens (including phenoxy) is 2. The van der Waals surface area contributed by atoms with Gasteiger partial charge in [0.05, 0.1) is 7.11 Å². The molecule has 0 amide bonds. The van der Waals surface area contributed by atoms with Crippen molar-refractivity contribution in [2.75, 3.05) is 12.4 Å². The molecular formula is C21H19F2N3O5. The van der Waals surface area contributed by atoms with Gasteiger partial charge in [0, 0.05) is 29.3 Å². The highest BCUT2D eigenvalue weighted by atomic mass is 19.3. The Hall–Kier alpha value is -3.69. The van der Waals surface area contributed by atoms with Gasteiger partial charge in [0.15, 0.2) is 11.5 Å². The van der Waals surface area contributed by atoms with Gasteiger partial charge >= 0.3 is 12.6 Å². The molecule has 0 bridgehead atoms. The molecule has 1 aromatic heterocycles. The molecule has 3 aromatic rings. The molecule has 1 aliphatic rings. The third-order valence-corrected chi connectivity index (χ3v) is 4.95. The Morgan fingerprint density at radius 2 is 2.06 bits per heavy atom. The second-order valence-electron chi connectivity index (χ2n) is 7.02. The summed E-state index contributed by atoms with van der Waals surface area (Å²) in [5.41, 5.74) is 3.25. The Bertz CT molecular complexity index is 1100. The van der Waals surface area contributed by atoms with Crippen molar-refractivity contribution >= 4 is 11.7 Å². The largest absolute Gasteiger partial charge is 0.493 e. The van der Waals surface area contributed by atoms with E-state index in [9.17, 15) is 13.6 Å². The quantitative estimate of drug-likeness (QED) is 0.546. The lowest BCUT2D eigenvalue weighted by molar-refractivity contribution is -0.137. The number of carbonyl (C=O) groups is 1. The van der Waals surface area contributed by atoms with Crippen molar-refractivity contribution in [2.45, 2.75) is 31.9 Å². The summed E-state index contributed by atoms with van der Waals surface area (Å²) in [5.74, 6) is -0.213. The van der Waals surface area contributed by atoms with Crippen LogP contribution in [0, 0.1) is 0 Å². The molecule has 1 unspecified atom stereocenters. The van der Waals surface area contributed by atoms with Gasteiger partial charge in [-0.15, -0.1) is 0 Å². The van der Waals surface area contributed by atoms with Crippen LogP contribution in [0.5, 0.6) is 11.5 Å². The van der Waals surface area contributed by atoms with Crippen molar-refractivity contribution in [1.29, 1.82) is 0 Å². The number of anilines is 1. The average Bonchev–Trinajstić information content (AvgIpc) is 3.38. The third kappa shape index (κ3) is 4.57. The molecule has 8 nitrogen and oxygen atoms in total. The number of fused-ring (bicyclic) bond motifs is 1. The van der Waals surface area contributed by atoms with E-state index in [-0.39, 0.29) is 29.9 Å². The second kappa shape index (κ2) is 8.58. The summed E-state index contributed by atoms with van der Waals surface area (Å²) in [4.78, 5) is 15.2. The van der Waals surface area contributed by atoms with Gasteiger partial charge in [-0.1, -0.05) is 5.16 Å². The molecule has 0 aliphatic carbocycles. The zero-order chi connectivity index (χ0) is 22.0. The van der Waals surface area contributed by atoms with E-state index >= 15 is 0 Å². The lowest BCUT2D eigenvalue weighted by Crippen LogP contribution is -2.16. The number of benzene rings is 2. The Labute approximate surface area is 175 Å². The first-order valence-electron chi connectivity index (χ1n) is 9.51. The zero-order valence-electron chi connectivity index (χ0n) is 16.5. The van der Waals surface area contributed by atoms with E-state index in [0.29, 0.717) is 24.2 Å². The predicted octanol–water partition coefficient (Wildman–Crippen LogP) is 4.22. The smallest absolute Gasteiger partial charge is 0.387 e. The molecule has 2 heterocycles. The van der Waals surface area contributed by atoms with Gasteiger partial charge in [0.25, 0.3) is 5.89 Å². The van der Waals surface area contributed by atoms with Crippen LogP contribution in [0.1, 0.15) is 18.4 Å². The molecule has 0 saturated heterocycles. The summed E-state index contributed by atoms with van der Waals surface area (Å²) >= 11 is 0. The third-order valence-electron chi connectivity index (χ3n) is 4.95. The van der Waals surface area contributed by atoms with Gasteiger partial charge in [-0.25, -0.2) is 0 Å². The van der Waals surface area contributed by atoms with E-state index in [2.05, 4.69) is 20.2 Å². The van der Waals surface area contributed by atoms with Gasteiger partial charge < -0.3 is 24.4 Å². The van der Waals surface area contributed by atoms with Crippen molar-refractivity contribution in [3.63, 3.8) is 0 Å². The van der Waals surface area contributed by atoms with Crippen molar-refractivity contribution in [2.24, 2.45) is 0 Å². The Morgan fingerprint density at radius 3 is 2.81 bits per heavy atom. The standard InChI is InChI=1S/C21H19F2N3O5/c1-29-17-10-12(3-6-16(17)30-21(22)23)20-25-19(26-31-20)11-2-5-15-13(8-11)9-14(24-15)4-7-18(27)28/h2-3,5-6,8,10,14,21,24H,4,7,9H2,1H3,(H,27,28). The molecule has 2 N–H and O–H groups in total. The fraction of sp³-hybridized carbons (Fsp3) is 0.286. The van der Waals surface area contributed by atoms with Gasteiger partial charge in [-0.2, -0.15) is 13.8 Å². The normalized spacial score (nSPS) is 14.9. The van der Waals surface area contributed by atoms with Crippen LogP contribution in [-0.4, -0.2) is 41.0 Å². The number of rotatable bonds is 8. The number of hydrogen-bond donors (Lipinski definition) is 2. The van der Waals surface area contributed by atoms with Gasteiger partial charge in [0.1, 0.15) is 0 Å². The molecule has 2 aromatic carbocycles. The number of aliphatic carboxylic acids is 1. The number of carboxylic acid groups (broad SMARTS) is 1. The number of halogens is 2. The van der Waals surface area contributed by atoms with Crippen molar-refractivity contribution in [3.05, 3.63) is 42.0 Å². The first-order chi connectivity index (χ1) is 14.9. The molecular weight excluding hydrogens is 412 g/mol. The number of carboxylic acids is 1. The molecule has 0 radical (unpaired) electrons. The van der Waals surface area contributed by atoms with Crippen LogP contribution in [0.25, 0.3) is 22.8 Å². The molecule has 162 valence electrons. The summed E-state index contributed by atoms with van der Waals surface area (Å²) in [6, 6.07) is 10.1. The second-order valence-corrected chi connectivity index (χ2v) is 7.02. The van der Waals surface area contributed by atoms with Crippen molar-refractivity contribution < 1.29 is 32.7 Å². The number of nitrogens with zero attached hydrogens (tertiary/aromatic N) is 2. The summed E-state index contributed by atoms with van der Waals surface area (Å²) in [6.45, 7) is -2.97. The molecule has 4 rings (SSSR count). The van der Waals surface area contributed by atoms with Gasteiger partial charge in [0.2, 0.25) is 5.82 Å². The molecule has 31 heavy (non-hydrogen) atoms. The number of alkyl halides is 2. The van der Waals surface area contributed by atoms with E-state index in [1.165, 1.54) is 25.3 Å². The lowest BCUT2D eigenvalue weighted by atomic mass is 10.0. The minimum atomic E-state index is -2.97. The summed E-state index contributed by atoms with van der Waals surface area (Å²) in [5, 5.41) is 16.2. The molecule has 1 aliphatic heterocycles. The number of methoxy groups -OCH3 is 1. The van der Waals surface area contributed by atoms with Gasteiger partial charge in [-0.05, 0) is 54.8 Å². The SMILES string of the molecule is COc1cc(-c2nc(-c3ccc4c(c3)CC(CCC(=O)O)N4)no2)ccc1OC(F)F. The first kappa shape index (κ1) is 20.6. The maximum absolute atomic E-state index is 12.5. The first-order valence-corrected chi connectivity index (χ1v) is 9.51. The number of hydrogen-bond acceptors (Lipinski definition) is 7. The monoisotopic (exact) mass is 431 g/mol. The summed E-state index contributed by atoms with van der Waals surface area (Å²) in [7, 11) is 1.35. The molecule has 0 saturated carbocycles. The van der Waals surface area contributed by atoms with Crippen molar-refractivity contribution in [1.82, 2.24) is 10.1 Å². The number of nitrogens with one attached hydrogen (secondary N) is 1. The van der Waals surface area contributed by atoms with Crippen molar-refractivity contribution in [3.8, 4) is 34.3 Å². The topological polar surface area (TPSA) is 107 Å². The Morgan fingerprint density at radius 1 is 1.26 bits per heavy atom. The van der Waals surface area contributed by atoms with Crippen LogP contribution in [0.2, 0.25) is 0 Å². The molecule has 0 spiro atoms. The Kier molecular flexibility index (Phi) is 5.70. The van der Waals surface area contributed by atoms with Gasteiger partial charge in [-0.3, -0.25) is 4.79 Å². The minimum absolute atomic E-state index is 0.0728. The summed E-state index contributed by atoms with van der Waals surface area (Å²) in [6.07, 6.45) is 1.36. The number of aromatic nitrogens is 2. The van der Waals surface area contributed by atoms with Crippen LogP contribution >= 0.6 is 0 Å². The maximum Gasteiger partial charge on any atom is 0.387 e. The van der Waals surface area contributed by atoms with Crippen LogP contribution in [0.3, 0.4) is 0 Å². The van der Waals surface area contributed by atoms with E-state index in [0.717, 1.165) is 16.8 Å². The highest BCUT2D eigenvalue weighted by Gasteiger charge is 2.22.